The average Bonchev–Trinajstić information content (AvgIpc) is 3.39. The van der Waals surface area contributed by atoms with Gasteiger partial charge in [0.15, 0.2) is 0 Å². The number of nitrogens with zero attached hydrogens (tertiary/aromatic N) is 2. The van der Waals surface area contributed by atoms with Crippen LogP contribution in [0.4, 0.5) is 11.4 Å². The molecule has 0 bridgehead atoms. The molecule has 2 unspecified atom stereocenters. The predicted octanol–water partition coefficient (Wildman–Crippen LogP) is 2.25. The van der Waals surface area contributed by atoms with Gasteiger partial charge in [0, 0.05) is 50.6 Å². The fourth-order valence-corrected chi connectivity index (χ4v) is 4.13. The maximum absolute atomic E-state index is 12.6. The first-order chi connectivity index (χ1) is 12.7. The Balaban J connectivity index is 1.30. The summed E-state index contributed by atoms with van der Waals surface area (Å²) in [7, 11) is 0. The summed E-state index contributed by atoms with van der Waals surface area (Å²) in [6, 6.07) is 8.02. The fraction of sp³-hybridized carbons (Fsp3) is 0.600. The van der Waals surface area contributed by atoms with Gasteiger partial charge in [-0.15, -0.1) is 0 Å². The standard InChI is InChI=1S/C20H27N3O3/c24-19-12-15(13-23(19)14-18-4-3-11-26-18)20(25)21-16-5-7-17(8-6-16)22-9-1-2-10-22/h5-8,15,18H,1-4,9-14H2,(H,21,25). The number of hydrogen-bond donors (Lipinski definition) is 1. The molecule has 0 saturated carbocycles. The molecular weight excluding hydrogens is 330 g/mol. The molecule has 3 heterocycles. The Morgan fingerprint density at radius 3 is 2.62 bits per heavy atom. The third-order valence-corrected chi connectivity index (χ3v) is 5.64. The van der Waals surface area contributed by atoms with E-state index in [0.717, 1.165) is 38.2 Å². The topological polar surface area (TPSA) is 61.9 Å². The van der Waals surface area contributed by atoms with Crippen LogP contribution in [-0.2, 0) is 14.3 Å². The van der Waals surface area contributed by atoms with Gasteiger partial charge in [-0.3, -0.25) is 9.59 Å². The Hall–Kier alpha value is -2.08. The van der Waals surface area contributed by atoms with Crippen molar-refractivity contribution in [1.29, 1.82) is 0 Å². The molecule has 3 aliphatic heterocycles. The minimum Gasteiger partial charge on any atom is -0.376 e. The summed E-state index contributed by atoms with van der Waals surface area (Å²) in [5.41, 5.74) is 2.00. The molecule has 0 radical (unpaired) electrons. The van der Waals surface area contributed by atoms with Gasteiger partial charge in [-0.25, -0.2) is 0 Å². The molecular formula is C20H27N3O3. The maximum atomic E-state index is 12.6. The summed E-state index contributed by atoms with van der Waals surface area (Å²) in [6.45, 7) is 4.11. The van der Waals surface area contributed by atoms with Crippen molar-refractivity contribution in [2.75, 3.05) is 43.0 Å². The van der Waals surface area contributed by atoms with Crippen LogP contribution in [-0.4, -0.2) is 55.6 Å². The molecule has 0 spiro atoms. The highest BCUT2D eigenvalue weighted by atomic mass is 16.5. The molecule has 6 nitrogen and oxygen atoms in total. The number of hydrogen-bond acceptors (Lipinski definition) is 4. The SMILES string of the molecule is O=C(Nc1ccc(N2CCCC2)cc1)C1CC(=O)N(CC2CCCO2)C1. The van der Waals surface area contributed by atoms with Gasteiger partial charge in [-0.1, -0.05) is 0 Å². The second-order valence-electron chi connectivity index (χ2n) is 7.57. The predicted molar refractivity (Wildman–Crippen MR) is 100 cm³/mol. The number of rotatable bonds is 5. The van der Waals surface area contributed by atoms with Gasteiger partial charge in [0.1, 0.15) is 0 Å². The van der Waals surface area contributed by atoms with E-state index in [9.17, 15) is 9.59 Å². The summed E-state index contributed by atoms with van der Waals surface area (Å²) in [4.78, 5) is 28.9. The third kappa shape index (κ3) is 3.85. The van der Waals surface area contributed by atoms with Gasteiger partial charge in [0.05, 0.1) is 12.0 Å². The van der Waals surface area contributed by atoms with Crippen LogP contribution in [0.25, 0.3) is 0 Å². The Morgan fingerprint density at radius 1 is 1.15 bits per heavy atom. The van der Waals surface area contributed by atoms with Crippen molar-refractivity contribution in [3.63, 3.8) is 0 Å². The normalized spacial score (nSPS) is 25.9. The number of carbonyl (C=O) groups excluding carboxylic acids is 2. The molecule has 0 aliphatic carbocycles. The van der Waals surface area contributed by atoms with Crippen molar-refractivity contribution in [3.05, 3.63) is 24.3 Å². The van der Waals surface area contributed by atoms with Gasteiger partial charge < -0.3 is 19.9 Å². The molecule has 26 heavy (non-hydrogen) atoms. The first-order valence-corrected chi connectivity index (χ1v) is 9.74. The minimum atomic E-state index is -0.276. The van der Waals surface area contributed by atoms with E-state index in [-0.39, 0.29) is 23.8 Å². The molecule has 6 heteroatoms. The van der Waals surface area contributed by atoms with E-state index < -0.39 is 0 Å². The van der Waals surface area contributed by atoms with Crippen molar-refractivity contribution < 1.29 is 14.3 Å². The summed E-state index contributed by atoms with van der Waals surface area (Å²) < 4.78 is 5.61. The van der Waals surface area contributed by atoms with Gasteiger partial charge >= 0.3 is 0 Å². The second-order valence-corrected chi connectivity index (χ2v) is 7.57. The van der Waals surface area contributed by atoms with E-state index in [0.29, 0.717) is 19.5 Å². The summed E-state index contributed by atoms with van der Waals surface area (Å²) in [5.74, 6) is -0.283. The Kier molecular flexibility index (Phi) is 5.11. The molecule has 4 rings (SSSR count). The monoisotopic (exact) mass is 357 g/mol. The lowest BCUT2D eigenvalue weighted by Gasteiger charge is -2.20. The van der Waals surface area contributed by atoms with Crippen LogP contribution in [0, 0.1) is 5.92 Å². The van der Waals surface area contributed by atoms with Crippen LogP contribution in [0.3, 0.4) is 0 Å². The summed E-state index contributed by atoms with van der Waals surface area (Å²) in [6.07, 6.45) is 4.99. The first-order valence-electron chi connectivity index (χ1n) is 9.74. The summed E-state index contributed by atoms with van der Waals surface area (Å²) in [5, 5.41) is 2.97. The highest BCUT2D eigenvalue weighted by Crippen LogP contribution is 2.25. The van der Waals surface area contributed by atoms with Crippen LogP contribution in [0.15, 0.2) is 24.3 Å². The lowest BCUT2D eigenvalue weighted by Crippen LogP contribution is -2.34. The van der Waals surface area contributed by atoms with Crippen LogP contribution in [0.1, 0.15) is 32.1 Å². The Labute approximate surface area is 154 Å². The largest absolute Gasteiger partial charge is 0.376 e. The zero-order chi connectivity index (χ0) is 17.9. The van der Waals surface area contributed by atoms with Crippen molar-refractivity contribution in [3.8, 4) is 0 Å². The highest BCUT2D eigenvalue weighted by molar-refractivity contribution is 5.97. The van der Waals surface area contributed by atoms with E-state index in [2.05, 4.69) is 22.3 Å². The number of likely N-dealkylation sites (tertiary alicyclic amines) is 1. The van der Waals surface area contributed by atoms with Gasteiger partial charge in [0.2, 0.25) is 11.8 Å². The first kappa shape index (κ1) is 17.3. The maximum Gasteiger partial charge on any atom is 0.229 e. The zero-order valence-electron chi connectivity index (χ0n) is 15.2. The number of benzene rings is 1. The molecule has 1 aromatic rings. The van der Waals surface area contributed by atoms with Crippen molar-refractivity contribution in [2.24, 2.45) is 5.92 Å². The van der Waals surface area contributed by atoms with Gasteiger partial charge in [0.25, 0.3) is 0 Å². The number of amides is 2. The fourth-order valence-electron chi connectivity index (χ4n) is 4.13. The number of carbonyl (C=O) groups is 2. The average molecular weight is 357 g/mol. The van der Waals surface area contributed by atoms with Crippen LogP contribution < -0.4 is 10.2 Å². The second kappa shape index (κ2) is 7.66. The molecule has 1 N–H and O–H groups in total. The van der Waals surface area contributed by atoms with Crippen LogP contribution >= 0.6 is 0 Å². The smallest absolute Gasteiger partial charge is 0.229 e. The van der Waals surface area contributed by atoms with Crippen LogP contribution in [0.5, 0.6) is 0 Å². The number of anilines is 2. The highest BCUT2D eigenvalue weighted by Gasteiger charge is 2.36. The van der Waals surface area contributed by atoms with Crippen molar-refractivity contribution >= 4 is 23.2 Å². The summed E-state index contributed by atoms with van der Waals surface area (Å²) >= 11 is 0. The molecule has 140 valence electrons. The number of ether oxygens (including phenoxy) is 1. The molecule has 1 aromatic carbocycles. The van der Waals surface area contributed by atoms with Crippen molar-refractivity contribution in [1.82, 2.24) is 4.90 Å². The third-order valence-electron chi connectivity index (χ3n) is 5.64. The van der Waals surface area contributed by atoms with E-state index in [1.165, 1.54) is 18.5 Å². The zero-order valence-corrected chi connectivity index (χ0v) is 15.2. The molecule has 0 aromatic heterocycles. The molecule has 3 saturated heterocycles. The van der Waals surface area contributed by atoms with E-state index in [1.807, 2.05) is 12.1 Å². The van der Waals surface area contributed by atoms with E-state index in [1.54, 1.807) is 4.90 Å². The Morgan fingerprint density at radius 2 is 1.92 bits per heavy atom. The van der Waals surface area contributed by atoms with Gasteiger partial charge in [-0.05, 0) is 49.9 Å². The minimum absolute atomic E-state index is 0.0602. The van der Waals surface area contributed by atoms with E-state index >= 15 is 0 Å². The van der Waals surface area contributed by atoms with Gasteiger partial charge in [-0.2, -0.15) is 0 Å². The van der Waals surface area contributed by atoms with Crippen molar-refractivity contribution in [2.45, 2.75) is 38.2 Å². The molecule has 3 aliphatic rings. The molecule has 3 fully saturated rings. The Bertz CT molecular complexity index is 649. The quantitative estimate of drug-likeness (QED) is 0.878. The van der Waals surface area contributed by atoms with Crippen LogP contribution in [0.2, 0.25) is 0 Å². The number of nitrogens with one attached hydrogen (secondary N) is 1. The van der Waals surface area contributed by atoms with E-state index in [4.69, 9.17) is 4.74 Å². The molecule has 2 amide bonds. The lowest BCUT2D eigenvalue weighted by atomic mass is 10.1. The molecule has 2 atom stereocenters. The lowest BCUT2D eigenvalue weighted by molar-refractivity contribution is -0.129.